The molecule has 0 saturated carbocycles. The number of benzene rings is 2. The Balaban J connectivity index is 1.43. The van der Waals surface area contributed by atoms with E-state index in [0.717, 1.165) is 47.7 Å². The summed E-state index contributed by atoms with van der Waals surface area (Å²) in [6.45, 7) is 2.91. The standard InChI is InChI=1S/C23H28N2O4/c1-27-20-4-5-21-17(10-20)7-9-25(21)15-19(26)14-24-8-6-16-11-22(28-2)23(29-3)12-18(16)13-24/h4-5,7,9-12,19,26H,6,8,13-15H2,1-3H3/t19-/m1/s1. The molecule has 3 aromatic rings. The van der Waals surface area contributed by atoms with Gasteiger partial charge in [0.1, 0.15) is 5.75 Å². The highest BCUT2D eigenvalue weighted by molar-refractivity contribution is 5.81. The predicted octanol–water partition coefficient (Wildman–Crippen LogP) is 3.09. The number of β-amino-alcohol motifs (C(OH)–C–C–N with tert-alkyl or cyclic N) is 1. The van der Waals surface area contributed by atoms with Gasteiger partial charge >= 0.3 is 0 Å². The van der Waals surface area contributed by atoms with Gasteiger partial charge in [-0.3, -0.25) is 4.90 Å². The van der Waals surface area contributed by atoms with E-state index >= 15 is 0 Å². The van der Waals surface area contributed by atoms with Crippen LogP contribution in [-0.2, 0) is 19.5 Å². The van der Waals surface area contributed by atoms with Crippen molar-refractivity contribution in [3.63, 3.8) is 0 Å². The highest BCUT2D eigenvalue weighted by atomic mass is 16.5. The first-order chi connectivity index (χ1) is 14.1. The molecule has 1 N–H and O–H groups in total. The molecule has 154 valence electrons. The quantitative estimate of drug-likeness (QED) is 0.665. The third kappa shape index (κ3) is 4.04. The first kappa shape index (κ1) is 19.6. The first-order valence-electron chi connectivity index (χ1n) is 9.88. The summed E-state index contributed by atoms with van der Waals surface area (Å²) < 4.78 is 18.2. The van der Waals surface area contributed by atoms with Crippen molar-refractivity contribution in [1.82, 2.24) is 9.47 Å². The Hall–Kier alpha value is -2.70. The molecule has 1 aliphatic rings. The number of aliphatic hydroxyl groups excluding tert-OH is 1. The third-order valence-corrected chi connectivity index (χ3v) is 5.65. The summed E-state index contributed by atoms with van der Waals surface area (Å²) in [4.78, 5) is 2.30. The molecular formula is C23H28N2O4. The molecule has 29 heavy (non-hydrogen) atoms. The lowest BCUT2D eigenvalue weighted by Crippen LogP contribution is -2.38. The molecule has 0 saturated heterocycles. The van der Waals surface area contributed by atoms with Gasteiger partial charge in [-0.25, -0.2) is 0 Å². The second-order valence-corrected chi connectivity index (χ2v) is 7.51. The number of fused-ring (bicyclic) bond motifs is 2. The van der Waals surface area contributed by atoms with Crippen molar-refractivity contribution >= 4 is 10.9 Å². The Bertz CT molecular complexity index is 998. The molecule has 6 nitrogen and oxygen atoms in total. The van der Waals surface area contributed by atoms with E-state index in [-0.39, 0.29) is 0 Å². The highest BCUT2D eigenvalue weighted by Gasteiger charge is 2.21. The van der Waals surface area contributed by atoms with Crippen molar-refractivity contribution in [1.29, 1.82) is 0 Å². The van der Waals surface area contributed by atoms with Crippen molar-refractivity contribution in [2.45, 2.75) is 25.6 Å². The Morgan fingerprint density at radius 3 is 2.41 bits per heavy atom. The fourth-order valence-electron chi connectivity index (χ4n) is 4.14. The third-order valence-electron chi connectivity index (χ3n) is 5.65. The van der Waals surface area contributed by atoms with E-state index in [0.29, 0.717) is 13.1 Å². The molecule has 0 aliphatic carbocycles. The number of ether oxygens (including phenoxy) is 3. The van der Waals surface area contributed by atoms with Crippen LogP contribution in [0.2, 0.25) is 0 Å². The van der Waals surface area contributed by atoms with Gasteiger partial charge in [0.25, 0.3) is 0 Å². The number of aromatic nitrogens is 1. The Labute approximate surface area is 171 Å². The lowest BCUT2D eigenvalue weighted by molar-refractivity contribution is 0.0927. The van der Waals surface area contributed by atoms with Gasteiger partial charge < -0.3 is 23.9 Å². The van der Waals surface area contributed by atoms with Crippen LogP contribution in [0, 0.1) is 0 Å². The van der Waals surface area contributed by atoms with Gasteiger partial charge in [-0.05, 0) is 53.9 Å². The molecule has 0 fully saturated rings. The zero-order valence-electron chi connectivity index (χ0n) is 17.2. The Kier molecular flexibility index (Phi) is 5.65. The summed E-state index contributed by atoms with van der Waals surface area (Å²) in [5, 5.41) is 11.8. The molecule has 1 atom stereocenters. The monoisotopic (exact) mass is 396 g/mol. The van der Waals surface area contributed by atoms with Gasteiger partial charge in [0, 0.05) is 43.3 Å². The number of aliphatic hydroxyl groups is 1. The average Bonchev–Trinajstić information content (AvgIpc) is 3.14. The summed E-state index contributed by atoms with van der Waals surface area (Å²) in [6, 6.07) is 12.2. The van der Waals surface area contributed by atoms with Gasteiger partial charge in [0.15, 0.2) is 11.5 Å². The second kappa shape index (κ2) is 8.35. The fraction of sp³-hybridized carbons (Fsp3) is 0.391. The van der Waals surface area contributed by atoms with Crippen LogP contribution < -0.4 is 14.2 Å². The zero-order chi connectivity index (χ0) is 20.4. The smallest absolute Gasteiger partial charge is 0.161 e. The number of methoxy groups -OCH3 is 3. The number of hydrogen-bond acceptors (Lipinski definition) is 5. The minimum Gasteiger partial charge on any atom is -0.497 e. The molecule has 2 heterocycles. The van der Waals surface area contributed by atoms with Crippen LogP contribution in [0.4, 0.5) is 0 Å². The van der Waals surface area contributed by atoms with E-state index < -0.39 is 6.10 Å². The maximum absolute atomic E-state index is 10.7. The molecule has 0 bridgehead atoms. The van der Waals surface area contributed by atoms with Crippen LogP contribution >= 0.6 is 0 Å². The number of rotatable bonds is 7. The van der Waals surface area contributed by atoms with Crippen LogP contribution in [0.15, 0.2) is 42.6 Å². The lowest BCUT2D eigenvalue weighted by Gasteiger charge is -2.31. The largest absolute Gasteiger partial charge is 0.497 e. The van der Waals surface area contributed by atoms with Crippen molar-refractivity contribution in [2.24, 2.45) is 0 Å². The van der Waals surface area contributed by atoms with Crippen molar-refractivity contribution in [3.05, 3.63) is 53.7 Å². The van der Waals surface area contributed by atoms with Crippen LogP contribution in [0.3, 0.4) is 0 Å². The maximum Gasteiger partial charge on any atom is 0.161 e. The molecule has 0 spiro atoms. The molecule has 4 rings (SSSR count). The summed E-state index contributed by atoms with van der Waals surface area (Å²) in [5.74, 6) is 2.37. The minimum absolute atomic E-state index is 0.450. The van der Waals surface area contributed by atoms with Crippen LogP contribution in [0.25, 0.3) is 10.9 Å². The van der Waals surface area contributed by atoms with Crippen LogP contribution in [-0.4, -0.2) is 55.1 Å². The van der Waals surface area contributed by atoms with Crippen molar-refractivity contribution in [3.8, 4) is 17.2 Å². The summed E-state index contributed by atoms with van der Waals surface area (Å²) in [7, 11) is 4.99. The highest BCUT2D eigenvalue weighted by Crippen LogP contribution is 2.33. The fourth-order valence-corrected chi connectivity index (χ4v) is 4.14. The summed E-state index contributed by atoms with van der Waals surface area (Å²) in [6.07, 6.45) is 2.51. The molecule has 6 heteroatoms. The molecule has 1 aliphatic heterocycles. The average molecular weight is 396 g/mol. The molecule has 2 aromatic carbocycles. The van der Waals surface area contributed by atoms with Gasteiger partial charge in [-0.2, -0.15) is 0 Å². The zero-order valence-corrected chi connectivity index (χ0v) is 17.2. The van der Waals surface area contributed by atoms with E-state index in [1.165, 1.54) is 11.1 Å². The van der Waals surface area contributed by atoms with E-state index in [9.17, 15) is 5.11 Å². The normalized spacial score (nSPS) is 15.2. The van der Waals surface area contributed by atoms with Gasteiger partial charge in [0.05, 0.1) is 27.4 Å². The molecule has 0 radical (unpaired) electrons. The Morgan fingerprint density at radius 2 is 1.69 bits per heavy atom. The number of hydrogen-bond donors (Lipinski definition) is 1. The topological polar surface area (TPSA) is 56.1 Å². The number of nitrogens with zero attached hydrogens (tertiary/aromatic N) is 2. The van der Waals surface area contributed by atoms with Crippen molar-refractivity contribution in [2.75, 3.05) is 34.4 Å². The molecule has 1 aromatic heterocycles. The van der Waals surface area contributed by atoms with Gasteiger partial charge in [0.2, 0.25) is 0 Å². The van der Waals surface area contributed by atoms with E-state index in [1.54, 1.807) is 21.3 Å². The predicted molar refractivity (Wildman–Crippen MR) is 113 cm³/mol. The van der Waals surface area contributed by atoms with Crippen molar-refractivity contribution < 1.29 is 19.3 Å². The van der Waals surface area contributed by atoms with E-state index in [4.69, 9.17) is 14.2 Å². The maximum atomic E-state index is 10.7. The molecule has 0 amide bonds. The lowest BCUT2D eigenvalue weighted by atomic mass is 9.98. The van der Waals surface area contributed by atoms with E-state index in [1.807, 2.05) is 24.4 Å². The Morgan fingerprint density at radius 1 is 0.931 bits per heavy atom. The SMILES string of the molecule is COc1ccc2c(ccn2C[C@H](O)CN2CCc3cc(OC)c(OC)cc3C2)c1. The molecular weight excluding hydrogens is 368 g/mol. The summed E-state index contributed by atoms with van der Waals surface area (Å²) >= 11 is 0. The van der Waals surface area contributed by atoms with Gasteiger partial charge in [-0.1, -0.05) is 0 Å². The minimum atomic E-state index is -0.450. The van der Waals surface area contributed by atoms with Gasteiger partial charge in [-0.15, -0.1) is 0 Å². The first-order valence-corrected chi connectivity index (χ1v) is 9.88. The second-order valence-electron chi connectivity index (χ2n) is 7.51. The van der Waals surface area contributed by atoms with E-state index in [2.05, 4.69) is 27.7 Å². The van der Waals surface area contributed by atoms with Crippen LogP contribution in [0.1, 0.15) is 11.1 Å². The van der Waals surface area contributed by atoms with Crippen LogP contribution in [0.5, 0.6) is 17.2 Å². The molecule has 0 unspecified atom stereocenters. The summed E-state index contributed by atoms with van der Waals surface area (Å²) in [5.41, 5.74) is 3.63.